The van der Waals surface area contributed by atoms with Crippen molar-refractivity contribution >= 4 is 5.91 Å². The quantitative estimate of drug-likeness (QED) is 0.837. The molecule has 2 N–H and O–H groups in total. The zero-order valence-electron chi connectivity index (χ0n) is 11.6. The van der Waals surface area contributed by atoms with Crippen molar-refractivity contribution in [1.29, 1.82) is 0 Å². The average Bonchev–Trinajstić information content (AvgIpc) is 2.36. The van der Waals surface area contributed by atoms with E-state index in [1.54, 1.807) is 4.90 Å². The Labute approximate surface area is 110 Å². The van der Waals surface area contributed by atoms with E-state index in [0.717, 1.165) is 13.0 Å². The third-order valence-electron chi connectivity index (χ3n) is 3.27. The second-order valence-electron chi connectivity index (χ2n) is 5.16. The predicted octanol–water partition coefficient (Wildman–Crippen LogP) is 2.06. The summed E-state index contributed by atoms with van der Waals surface area (Å²) in [5.74, 6) is 0.476. The molecule has 1 amide bonds. The summed E-state index contributed by atoms with van der Waals surface area (Å²) >= 11 is 0. The smallest absolute Gasteiger partial charge is 0.223 e. The Morgan fingerprint density at radius 1 is 1.28 bits per heavy atom. The van der Waals surface area contributed by atoms with Crippen LogP contribution >= 0.6 is 0 Å². The summed E-state index contributed by atoms with van der Waals surface area (Å²) in [7, 11) is 1.85. The maximum atomic E-state index is 11.9. The van der Waals surface area contributed by atoms with E-state index in [1.807, 2.05) is 39.1 Å². The molecule has 0 aromatic heterocycles. The number of amides is 1. The third kappa shape index (κ3) is 4.88. The zero-order valence-corrected chi connectivity index (χ0v) is 11.6. The molecule has 3 heteroatoms. The summed E-state index contributed by atoms with van der Waals surface area (Å²) in [4.78, 5) is 13.7. The Bertz CT molecular complexity index is 362. The van der Waals surface area contributed by atoms with Crippen molar-refractivity contribution in [2.75, 3.05) is 13.6 Å². The molecule has 0 fully saturated rings. The lowest BCUT2D eigenvalue weighted by Gasteiger charge is -2.21. The van der Waals surface area contributed by atoms with Gasteiger partial charge in [-0.15, -0.1) is 0 Å². The number of hydrogen-bond acceptors (Lipinski definition) is 2. The molecule has 1 rings (SSSR count). The molecule has 100 valence electrons. The van der Waals surface area contributed by atoms with Crippen LogP contribution in [-0.4, -0.2) is 30.4 Å². The van der Waals surface area contributed by atoms with Crippen LogP contribution < -0.4 is 5.73 Å². The molecule has 1 aromatic carbocycles. The van der Waals surface area contributed by atoms with Gasteiger partial charge in [0.2, 0.25) is 5.91 Å². The molecular formula is C15H24N2O. The zero-order chi connectivity index (χ0) is 13.5. The van der Waals surface area contributed by atoms with Gasteiger partial charge in [-0.2, -0.15) is 0 Å². The van der Waals surface area contributed by atoms with Crippen LogP contribution in [0.4, 0.5) is 0 Å². The van der Waals surface area contributed by atoms with Crippen molar-refractivity contribution in [3.05, 3.63) is 35.9 Å². The Hall–Kier alpha value is -1.35. The normalized spacial score (nSPS) is 12.5. The topological polar surface area (TPSA) is 46.3 Å². The van der Waals surface area contributed by atoms with E-state index in [4.69, 9.17) is 5.73 Å². The molecule has 0 saturated carbocycles. The van der Waals surface area contributed by atoms with Crippen LogP contribution in [0.25, 0.3) is 0 Å². The number of benzene rings is 1. The van der Waals surface area contributed by atoms with E-state index >= 15 is 0 Å². The Morgan fingerprint density at radius 3 is 2.44 bits per heavy atom. The van der Waals surface area contributed by atoms with Gasteiger partial charge in [-0.3, -0.25) is 4.79 Å². The minimum absolute atomic E-state index is 0.0447. The van der Waals surface area contributed by atoms with Gasteiger partial charge in [-0.1, -0.05) is 44.2 Å². The van der Waals surface area contributed by atoms with Gasteiger partial charge in [0, 0.05) is 26.1 Å². The third-order valence-corrected chi connectivity index (χ3v) is 3.27. The fourth-order valence-electron chi connectivity index (χ4n) is 1.66. The van der Waals surface area contributed by atoms with Crippen molar-refractivity contribution in [2.45, 2.75) is 32.7 Å². The van der Waals surface area contributed by atoms with E-state index in [2.05, 4.69) is 12.1 Å². The highest BCUT2D eigenvalue weighted by Gasteiger charge is 2.15. The second kappa shape index (κ2) is 7.17. The van der Waals surface area contributed by atoms with Gasteiger partial charge in [0.05, 0.1) is 0 Å². The molecular weight excluding hydrogens is 224 g/mol. The van der Waals surface area contributed by atoms with Crippen LogP contribution in [0, 0.1) is 5.92 Å². The van der Waals surface area contributed by atoms with Gasteiger partial charge >= 0.3 is 0 Å². The van der Waals surface area contributed by atoms with E-state index in [9.17, 15) is 4.79 Å². The van der Waals surface area contributed by atoms with Crippen molar-refractivity contribution in [3.63, 3.8) is 0 Å². The molecule has 1 atom stereocenters. The SMILES string of the molecule is CC(C)[C@@H](N)CC(=O)N(C)CCc1ccccc1. The highest BCUT2D eigenvalue weighted by molar-refractivity contribution is 5.76. The molecule has 0 spiro atoms. The average molecular weight is 248 g/mol. The highest BCUT2D eigenvalue weighted by atomic mass is 16.2. The standard InChI is InChI=1S/C15H24N2O/c1-12(2)14(16)11-15(18)17(3)10-9-13-7-5-4-6-8-13/h4-8,12,14H,9-11,16H2,1-3H3/t14-/m0/s1. The van der Waals surface area contributed by atoms with E-state index in [-0.39, 0.29) is 11.9 Å². The number of hydrogen-bond donors (Lipinski definition) is 1. The van der Waals surface area contributed by atoms with Crippen molar-refractivity contribution in [3.8, 4) is 0 Å². The summed E-state index contributed by atoms with van der Waals surface area (Å²) in [6.45, 7) is 4.83. The minimum atomic E-state index is -0.0447. The second-order valence-corrected chi connectivity index (χ2v) is 5.16. The van der Waals surface area contributed by atoms with E-state index < -0.39 is 0 Å². The van der Waals surface area contributed by atoms with Crippen LogP contribution in [0.15, 0.2) is 30.3 Å². The van der Waals surface area contributed by atoms with Gasteiger partial charge < -0.3 is 10.6 Å². The summed E-state index contributed by atoms with van der Waals surface area (Å²) < 4.78 is 0. The monoisotopic (exact) mass is 248 g/mol. The molecule has 0 saturated heterocycles. The first-order chi connectivity index (χ1) is 8.50. The Balaban J connectivity index is 2.36. The summed E-state index contributed by atoms with van der Waals surface area (Å²) in [6, 6.07) is 10.2. The van der Waals surface area contributed by atoms with Gasteiger partial charge in [-0.05, 0) is 17.9 Å². The van der Waals surface area contributed by atoms with Crippen LogP contribution in [0.3, 0.4) is 0 Å². The first-order valence-corrected chi connectivity index (χ1v) is 6.54. The van der Waals surface area contributed by atoms with Crippen molar-refractivity contribution in [1.82, 2.24) is 4.90 Å². The fourth-order valence-corrected chi connectivity index (χ4v) is 1.66. The number of nitrogens with two attached hydrogens (primary N) is 1. The molecule has 1 aromatic rings. The molecule has 0 radical (unpaired) electrons. The van der Waals surface area contributed by atoms with Gasteiger partial charge in [0.15, 0.2) is 0 Å². The largest absolute Gasteiger partial charge is 0.345 e. The summed E-state index contributed by atoms with van der Waals surface area (Å²) in [5, 5.41) is 0. The first-order valence-electron chi connectivity index (χ1n) is 6.54. The van der Waals surface area contributed by atoms with Crippen LogP contribution in [0.5, 0.6) is 0 Å². The first kappa shape index (κ1) is 14.7. The molecule has 3 nitrogen and oxygen atoms in total. The lowest BCUT2D eigenvalue weighted by molar-refractivity contribution is -0.130. The lowest BCUT2D eigenvalue weighted by atomic mass is 10.0. The van der Waals surface area contributed by atoms with Crippen molar-refractivity contribution < 1.29 is 4.79 Å². The maximum absolute atomic E-state index is 11.9. The number of rotatable bonds is 6. The summed E-state index contributed by atoms with van der Waals surface area (Å²) in [6.07, 6.45) is 1.32. The van der Waals surface area contributed by atoms with Gasteiger partial charge in [0.25, 0.3) is 0 Å². The number of carbonyl (C=O) groups excluding carboxylic acids is 1. The summed E-state index contributed by atoms with van der Waals surface area (Å²) in [5.41, 5.74) is 7.17. The predicted molar refractivity (Wildman–Crippen MR) is 75.2 cm³/mol. The molecule has 0 aliphatic rings. The molecule has 0 bridgehead atoms. The van der Waals surface area contributed by atoms with Crippen LogP contribution in [-0.2, 0) is 11.2 Å². The van der Waals surface area contributed by atoms with E-state index in [0.29, 0.717) is 12.3 Å². The van der Waals surface area contributed by atoms with Gasteiger partial charge in [-0.25, -0.2) is 0 Å². The maximum Gasteiger partial charge on any atom is 0.223 e. The molecule has 0 aliphatic carbocycles. The molecule has 18 heavy (non-hydrogen) atoms. The number of nitrogens with zero attached hydrogens (tertiary/aromatic N) is 1. The minimum Gasteiger partial charge on any atom is -0.345 e. The van der Waals surface area contributed by atoms with Crippen LogP contribution in [0.1, 0.15) is 25.8 Å². The van der Waals surface area contributed by atoms with E-state index in [1.165, 1.54) is 5.56 Å². The van der Waals surface area contributed by atoms with Crippen LogP contribution in [0.2, 0.25) is 0 Å². The van der Waals surface area contributed by atoms with Crippen molar-refractivity contribution in [2.24, 2.45) is 11.7 Å². The molecule has 0 heterocycles. The number of carbonyl (C=O) groups is 1. The fraction of sp³-hybridized carbons (Fsp3) is 0.533. The lowest BCUT2D eigenvalue weighted by Crippen LogP contribution is -2.36. The highest BCUT2D eigenvalue weighted by Crippen LogP contribution is 2.06. The van der Waals surface area contributed by atoms with Gasteiger partial charge in [0.1, 0.15) is 0 Å². The Morgan fingerprint density at radius 2 is 1.89 bits per heavy atom. The molecule has 0 aliphatic heterocycles. The molecule has 0 unspecified atom stereocenters. The number of likely N-dealkylation sites (N-methyl/N-ethyl adjacent to an activating group) is 1. The Kier molecular flexibility index (Phi) is 5.86.